The van der Waals surface area contributed by atoms with Crippen LogP contribution in [0.4, 0.5) is 13.2 Å². The number of aromatic amines is 2. The van der Waals surface area contributed by atoms with E-state index in [9.17, 15) is 18.3 Å². The highest BCUT2D eigenvalue weighted by Gasteiger charge is 2.31. The molecule has 1 aliphatic heterocycles. The number of hydrogen-bond acceptors (Lipinski definition) is 3. The van der Waals surface area contributed by atoms with Crippen LogP contribution in [0.2, 0.25) is 0 Å². The summed E-state index contributed by atoms with van der Waals surface area (Å²) in [7, 11) is 0. The van der Waals surface area contributed by atoms with Crippen molar-refractivity contribution in [1.29, 1.82) is 0 Å². The first kappa shape index (κ1) is 21.9. The van der Waals surface area contributed by atoms with Crippen LogP contribution >= 0.6 is 0 Å². The Balaban J connectivity index is 1.15. The number of aromatic nitrogens is 2. The minimum absolute atomic E-state index is 0.216. The number of halogens is 3. The van der Waals surface area contributed by atoms with Crippen molar-refractivity contribution in [3.05, 3.63) is 66.0 Å². The van der Waals surface area contributed by atoms with Crippen LogP contribution in [0.1, 0.15) is 29.9 Å². The lowest BCUT2D eigenvalue weighted by molar-refractivity contribution is -0.137. The third-order valence-corrected chi connectivity index (χ3v) is 6.52. The minimum Gasteiger partial charge on any atom is -0.490 e. The van der Waals surface area contributed by atoms with E-state index in [1.807, 2.05) is 36.7 Å². The molecule has 0 amide bonds. The molecule has 2 aromatic carbocycles. The average molecular weight is 457 g/mol. The third-order valence-electron chi connectivity index (χ3n) is 6.52. The number of fused-ring (bicyclic) bond motifs is 2. The number of likely N-dealkylation sites (tertiary alicyclic amines) is 1. The third kappa shape index (κ3) is 4.58. The molecular weight excluding hydrogens is 431 g/mol. The molecule has 5 rings (SSSR count). The van der Waals surface area contributed by atoms with E-state index in [1.54, 1.807) is 6.07 Å². The number of hydrogen-bond donors (Lipinski definition) is 3. The summed E-state index contributed by atoms with van der Waals surface area (Å²) in [4.78, 5) is 8.38. The van der Waals surface area contributed by atoms with Gasteiger partial charge in [-0.25, -0.2) is 0 Å². The summed E-state index contributed by atoms with van der Waals surface area (Å²) in [5.74, 6) is 1.03. The van der Waals surface area contributed by atoms with E-state index in [-0.39, 0.29) is 12.5 Å². The SMILES string of the molecule is OC(COc1cccc2[nH]ccc12)CN1CCC(c2c[nH]c3cc(C(F)(F)F)ccc23)CC1. The summed E-state index contributed by atoms with van der Waals surface area (Å²) in [6, 6.07) is 11.6. The minimum atomic E-state index is -4.34. The Hall–Kier alpha value is -2.97. The highest BCUT2D eigenvalue weighted by Crippen LogP contribution is 2.36. The molecule has 1 aliphatic rings. The molecule has 174 valence electrons. The standard InChI is InChI=1S/C25H26F3N3O2/c26-25(27,28)17-4-5-19-21(13-30-23(19)12-17)16-7-10-31(11-8-16)14-18(32)15-33-24-3-1-2-22-20(24)6-9-29-22/h1-6,9,12-13,16,18,29-30,32H,7-8,10-11,14-15H2. The Kier molecular flexibility index (Phi) is 5.80. The van der Waals surface area contributed by atoms with E-state index in [4.69, 9.17) is 4.74 Å². The van der Waals surface area contributed by atoms with Crippen LogP contribution in [0.15, 0.2) is 54.9 Å². The van der Waals surface area contributed by atoms with E-state index in [1.165, 1.54) is 6.07 Å². The smallest absolute Gasteiger partial charge is 0.416 e. The summed E-state index contributed by atoms with van der Waals surface area (Å²) in [5.41, 5.74) is 1.95. The summed E-state index contributed by atoms with van der Waals surface area (Å²) in [6.07, 6.45) is 0.540. The van der Waals surface area contributed by atoms with Crippen LogP contribution in [-0.4, -0.2) is 52.3 Å². The fraction of sp³-hybridized carbons (Fsp3) is 0.360. The topological polar surface area (TPSA) is 64.3 Å². The van der Waals surface area contributed by atoms with Gasteiger partial charge < -0.3 is 24.7 Å². The quantitative estimate of drug-likeness (QED) is 0.369. The molecule has 0 radical (unpaired) electrons. The van der Waals surface area contributed by atoms with Crippen molar-refractivity contribution in [2.45, 2.75) is 31.0 Å². The molecule has 0 spiro atoms. The van der Waals surface area contributed by atoms with E-state index >= 15 is 0 Å². The number of rotatable bonds is 6. The number of nitrogens with one attached hydrogen (secondary N) is 2. The maximum absolute atomic E-state index is 13.0. The second kappa shape index (κ2) is 8.76. The van der Waals surface area contributed by atoms with Gasteiger partial charge in [0.15, 0.2) is 0 Å². The van der Waals surface area contributed by atoms with Crippen LogP contribution in [0.5, 0.6) is 5.75 Å². The van der Waals surface area contributed by atoms with Gasteiger partial charge in [-0.3, -0.25) is 0 Å². The molecule has 4 aromatic rings. The summed E-state index contributed by atoms with van der Waals surface area (Å²) < 4.78 is 44.8. The molecule has 3 heterocycles. The number of ether oxygens (including phenoxy) is 1. The largest absolute Gasteiger partial charge is 0.490 e. The predicted octanol–water partition coefficient (Wildman–Crippen LogP) is 5.29. The number of aliphatic hydroxyl groups excluding tert-OH is 1. The first-order valence-electron chi connectivity index (χ1n) is 11.2. The first-order valence-corrected chi connectivity index (χ1v) is 11.2. The fourth-order valence-corrected chi connectivity index (χ4v) is 4.81. The van der Waals surface area contributed by atoms with Crippen molar-refractivity contribution in [1.82, 2.24) is 14.9 Å². The molecule has 5 nitrogen and oxygen atoms in total. The van der Waals surface area contributed by atoms with E-state index in [0.29, 0.717) is 12.1 Å². The predicted molar refractivity (Wildman–Crippen MR) is 122 cm³/mol. The van der Waals surface area contributed by atoms with Crippen molar-refractivity contribution in [3.8, 4) is 5.75 Å². The average Bonchev–Trinajstić information content (AvgIpc) is 3.44. The van der Waals surface area contributed by atoms with E-state index in [0.717, 1.165) is 59.6 Å². The van der Waals surface area contributed by atoms with E-state index in [2.05, 4.69) is 14.9 Å². The van der Waals surface area contributed by atoms with Gasteiger partial charge in [0.1, 0.15) is 18.5 Å². The molecule has 0 bridgehead atoms. The first-order chi connectivity index (χ1) is 15.9. The maximum Gasteiger partial charge on any atom is 0.416 e. The lowest BCUT2D eigenvalue weighted by Gasteiger charge is -2.33. The van der Waals surface area contributed by atoms with Gasteiger partial charge in [0.25, 0.3) is 0 Å². The van der Waals surface area contributed by atoms with Gasteiger partial charge in [-0.15, -0.1) is 0 Å². The molecule has 8 heteroatoms. The molecule has 1 fully saturated rings. The lowest BCUT2D eigenvalue weighted by Crippen LogP contribution is -2.40. The number of nitrogens with zero attached hydrogens (tertiary/aromatic N) is 1. The monoisotopic (exact) mass is 457 g/mol. The second-order valence-electron chi connectivity index (χ2n) is 8.74. The highest BCUT2D eigenvalue weighted by molar-refractivity contribution is 5.86. The number of piperidine rings is 1. The van der Waals surface area contributed by atoms with Gasteiger partial charge in [0.05, 0.1) is 5.56 Å². The van der Waals surface area contributed by atoms with Crippen LogP contribution in [0, 0.1) is 0 Å². The van der Waals surface area contributed by atoms with Crippen molar-refractivity contribution in [2.24, 2.45) is 0 Å². The summed E-state index contributed by atoms with van der Waals surface area (Å²) in [6.45, 7) is 2.39. The normalized spacial score (nSPS) is 17.1. The number of aliphatic hydroxyl groups is 1. The Morgan fingerprint density at radius 1 is 1.03 bits per heavy atom. The molecule has 2 aromatic heterocycles. The molecule has 0 saturated carbocycles. The molecule has 0 aliphatic carbocycles. The highest BCUT2D eigenvalue weighted by atomic mass is 19.4. The Bertz CT molecular complexity index is 1240. The molecule has 1 saturated heterocycles. The molecule has 1 atom stereocenters. The number of H-pyrrole nitrogens is 2. The zero-order chi connectivity index (χ0) is 23.0. The van der Waals surface area contributed by atoms with Gasteiger partial charge in [0, 0.05) is 40.7 Å². The zero-order valence-electron chi connectivity index (χ0n) is 18.0. The second-order valence-corrected chi connectivity index (χ2v) is 8.74. The van der Waals surface area contributed by atoms with Crippen molar-refractivity contribution < 1.29 is 23.0 Å². The van der Waals surface area contributed by atoms with Gasteiger partial charge in [-0.05, 0) is 67.7 Å². The zero-order valence-corrected chi connectivity index (χ0v) is 18.0. The summed E-state index contributed by atoms with van der Waals surface area (Å²) >= 11 is 0. The van der Waals surface area contributed by atoms with Crippen LogP contribution in [-0.2, 0) is 6.18 Å². The van der Waals surface area contributed by atoms with Gasteiger partial charge in [-0.1, -0.05) is 12.1 Å². The van der Waals surface area contributed by atoms with Gasteiger partial charge in [0.2, 0.25) is 0 Å². The fourth-order valence-electron chi connectivity index (χ4n) is 4.81. The molecular formula is C25H26F3N3O2. The van der Waals surface area contributed by atoms with Crippen LogP contribution in [0.3, 0.4) is 0 Å². The Morgan fingerprint density at radius 3 is 2.64 bits per heavy atom. The van der Waals surface area contributed by atoms with Crippen LogP contribution < -0.4 is 4.74 Å². The molecule has 3 N–H and O–H groups in total. The lowest BCUT2D eigenvalue weighted by atomic mass is 9.89. The molecule has 33 heavy (non-hydrogen) atoms. The number of β-amino-alcohol motifs (C(OH)–C–C–N with tert-alkyl or cyclic N) is 1. The van der Waals surface area contributed by atoms with Crippen molar-refractivity contribution in [3.63, 3.8) is 0 Å². The van der Waals surface area contributed by atoms with E-state index < -0.39 is 17.8 Å². The Morgan fingerprint density at radius 2 is 1.85 bits per heavy atom. The summed E-state index contributed by atoms with van der Waals surface area (Å²) in [5, 5.41) is 12.3. The Labute approximate surface area is 189 Å². The van der Waals surface area contributed by atoms with Crippen LogP contribution in [0.25, 0.3) is 21.8 Å². The van der Waals surface area contributed by atoms with Gasteiger partial charge in [-0.2, -0.15) is 13.2 Å². The number of alkyl halides is 3. The van der Waals surface area contributed by atoms with Gasteiger partial charge >= 0.3 is 6.18 Å². The van der Waals surface area contributed by atoms with Crippen molar-refractivity contribution in [2.75, 3.05) is 26.2 Å². The molecule has 1 unspecified atom stereocenters. The number of benzene rings is 2. The maximum atomic E-state index is 13.0. The van der Waals surface area contributed by atoms with Crippen molar-refractivity contribution >= 4 is 21.8 Å².